The van der Waals surface area contributed by atoms with Gasteiger partial charge in [0.2, 0.25) is 6.04 Å². The molecule has 9 heteroatoms. The molecular formula is C13H26NO7P. The van der Waals surface area contributed by atoms with E-state index >= 15 is 0 Å². The summed E-state index contributed by atoms with van der Waals surface area (Å²) >= 11 is 0. The molecule has 0 aromatic carbocycles. The van der Waals surface area contributed by atoms with E-state index in [0.717, 1.165) is 0 Å². The van der Waals surface area contributed by atoms with Crippen molar-refractivity contribution in [3.63, 3.8) is 0 Å². The third kappa shape index (κ3) is 4.73. The van der Waals surface area contributed by atoms with Crippen molar-refractivity contribution in [2.75, 3.05) is 27.4 Å². The smallest absolute Gasteiger partial charge is 0.359 e. The summed E-state index contributed by atoms with van der Waals surface area (Å²) in [6.07, 6.45) is 0.895. The molecule has 0 heterocycles. The van der Waals surface area contributed by atoms with Crippen LogP contribution in [0.2, 0.25) is 0 Å². The number of nitro groups is 1. The third-order valence-electron chi connectivity index (χ3n) is 3.88. The van der Waals surface area contributed by atoms with Crippen LogP contribution in [0.4, 0.5) is 0 Å². The highest BCUT2D eigenvalue weighted by Crippen LogP contribution is 2.57. The summed E-state index contributed by atoms with van der Waals surface area (Å²) in [5.74, 6) is -1.14. The third-order valence-corrected chi connectivity index (χ3v) is 6.37. The fraction of sp³-hybridized carbons (Fsp3) is 1.00. The van der Waals surface area contributed by atoms with E-state index in [1.165, 1.54) is 14.2 Å². The minimum Gasteiger partial charge on any atom is -0.381 e. The molecule has 1 rings (SSSR count). The Hall–Kier alpha value is -0.530. The fourth-order valence-electron chi connectivity index (χ4n) is 3.00. The highest BCUT2D eigenvalue weighted by atomic mass is 31.2. The van der Waals surface area contributed by atoms with Gasteiger partial charge < -0.3 is 18.5 Å². The van der Waals surface area contributed by atoms with Gasteiger partial charge in [0.15, 0.2) is 5.85 Å². The molecule has 8 nitrogen and oxygen atoms in total. The van der Waals surface area contributed by atoms with Gasteiger partial charge in [0.25, 0.3) is 0 Å². The van der Waals surface area contributed by atoms with Crippen LogP contribution in [0.15, 0.2) is 0 Å². The minimum atomic E-state index is -3.49. The molecule has 0 amide bonds. The molecule has 0 N–H and O–H groups in total. The standard InChI is InChI=1S/C13H26NO7P/c1-5-20-22(17,21-6-2)13(19-4)10-7-11(14(15)16)9-12(8-10)18-3/h10-13H,5-9H2,1-4H3. The largest absolute Gasteiger partial charge is 0.381 e. The molecule has 130 valence electrons. The maximum absolute atomic E-state index is 12.9. The summed E-state index contributed by atoms with van der Waals surface area (Å²) in [4.78, 5) is 10.8. The Morgan fingerprint density at radius 1 is 1.18 bits per heavy atom. The summed E-state index contributed by atoms with van der Waals surface area (Å²) in [6, 6.07) is -0.738. The van der Waals surface area contributed by atoms with Crippen molar-refractivity contribution >= 4 is 7.60 Å². The van der Waals surface area contributed by atoms with E-state index in [9.17, 15) is 14.7 Å². The number of hydrogen-bond donors (Lipinski definition) is 0. The Morgan fingerprint density at radius 3 is 2.18 bits per heavy atom. The Balaban J connectivity index is 2.99. The molecule has 0 aromatic rings. The zero-order valence-corrected chi connectivity index (χ0v) is 14.5. The maximum atomic E-state index is 12.9. The lowest BCUT2D eigenvalue weighted by Crippen LogP contribution is -2.40. The highest BCUT2D eigenvalue weighted by molar-refractivity contribution is 7.54. The summed E-state index contributed by atoms with van der Waals surface area (Å²) < 4.78 is 34.3. The van der Waals surface area contributed by atoms with Crippen LogP contribution in [0, 0.1) is 16.0 Å². The number of methoxy groups -OCH3 is 2. The van der Waals surface area contributed by atoms with Crippen molar-refractivity contribution in [2.45, 2.75) is 51.1 Å². The first-order valence-corrected chi connectivity index (χ1v) is 9.10. The summed E-state index contributed by atoms with van der Waals surface area (Å²) in [7, 11) is -0.544. The van der Waals surface area contributed by atoms with Crippen LogP contribution in [0.1, 0.15) is 33.1 Å². The van der Waals surface area contributed by atoms with E-state index in [1.54, 1.807) is 13.8 Å². The average Bonchev–Trinajstić information content (AvgIpc) is 2.47. The predicted octanol–water partition coefficient (Wildman–Crippen LogP) is 2.69. The first-order chi connectivity index (χ1) is 10.4. The van der Waals surface area contributed by atoms with Crippen molar-refractivity contribution < 1.29 is 28.0 Å². The number of rotatable bonds is 9. The van der Waals surface area contributed by atoms with Crippen molar-refractivity contribution in [3.8, 4) is 0 Å². The van der Waals surface area contributed by atoms with E-state index < -0.39 is 19.5 Å². The summed E-state index contributed by atoms with van der Waals surface area (Å²) in [5.41, 5.74) is 0. The van der Waals surface area contributed by atoms with E-state index in [4.69, 9.17) is 18.5 Å². The predicted molar refractivity (Wildman–Crippen MR) is 80.6 cm³/mol. The van der Waals surface area contributed by atoms with Gasteiger partial charge in [-0.1, -0.05) is 0 Å². The molecule has 0 bridgehead atoms. The van der Waals surface area contributed by atoms with Crippen molar-refractivity contribution in [2.24, 2.45) is 5.92 Å². The molecule has 0 saturated heterocycles. The van der Waals surface area contributed by atoms with Gasteiger partial charge in [-0.15, -0.1) is 0 Å². The van der Waals surface area contributed by atoms with Gasteiger partial charge in [-0.25, -0.2) is 0 Å². The first-order valence-electron chi connectivity index (χ1n) is 7.49. The van der Waals surface area contributed by atoms with E-state index in [-0.39, 0.29) is 36.6 Å². The van der Waals surface area contributed by atoms with E-state index in [2.05, 4.69) is 0 Å². The van der Waals surface area contributed by atoms with Gasteiger partial charge >= 0.3 is 7.60 Å². The lowest BCUT2D eigenvalue weighted by atomic mass is 9.84. The number of ether oxygens (including phenoxy) is 2. The molecule has 1 fully saturated rings. The highest BCUT2D eigenvalue weighted by Gasteiger charge is 2.47. The Morgan fingerprint density at radius 2 is 1.77 bits per heavy atom. The summed E-state index contributed by atoms with van der Waals surface area (Å²) in [6.45, 7) is 3.88. The van der Waals surface area contributed by atoms with Crippen LogP contribution in [0.5, 0.6) is 0 Å². The topological polar surface area (TPSA) is 97.1 Å². The zero-order valence-electron chi connectivity index (χ0n) is 13.6. The van der Waals surface area contributed by atoms with Crippen LogP contribution in [-0.4, -0.2) is 50.3 Å². The number of hydrogen-bond acceptors (Lipinski definition) is 7. The van der Waals surface area contributed by atoms with Crippen LogP contribution < -0.4 is 0 Å². The molecule has 0 aromatic heterocycles. The Bertz CT molecular complexity index is 396. The van der Waals surface area contributed by atoms with Gasteiger partial charge in [-0.2, -0.15) is 0 Å². The molecule has 4 atom stereocenters. The van der Waals surface area contributed by atoms with Gasteiger partial charge in [0.05, 0.1) is 19.3 Å². The molecule has 22 heavy (non-hydrogen) atoms. The maximum Gasteiger partial charge on any atom is 0.359 e. The molecular weight excluding hydrogens is 313 g/mol. The summed E-state index contributed by atoms with van der Waals surface area (Å²) in [5, 5.41) is 11.2. The van der Waals surface area contributed by atoms with Crippen LogP contribution in [0.3, 0.4) is 0 Å². The molecule has 1 saturated carbocycles. The Labute approximate surface area is 131 Å². The first kappa shape index (κ1) is 19.5. The van der Waals surface area contributed by atoms with Crippen LogP contribution in [-0.2, 0) is 23.1 Å². The van der Waals surface area contributed by atoms with Gasteiger partial charge in [0, 0.05) is 37.9 Å². The molecule has 1 aliphatic carbocycles. The quantitative estimate of drug-likeness (QED) is 0.362. The van der Waals surface area contributed by atoms with Crippen molar-refractivity contribution in [1.82, 2.24) is 0 Å². The van der Waals surface area contributed by atoms with Crippen LogP contribution in [0.25, 0.3) is 0 Å². The number of nitrogens with zero attached hydrogens (tertiary/aromatic N) is 1. The lowest BCUT2D eigenvalue weighted by Gasteiger charge is -2.36. The van der Waals surface area contributed by atoms with Gasteiger partial charge in [-0.05, 0) is 20.3 Å². The zero-order chi connectivity index (χ0) is 16.8. The van der Waals surface area contributed by atoms with Crippen LogP contribution >= 0.6 is 7.60 Å². The second-order valence-corrected chi connectivity index (χ2v) is 7.37. The van der Waals surface area contributed by atoms with Gasteiger partial charge in [0.1, 0.15) is 0 Å². The van der Waals surface area contributed by atoms with Gasteiger partial charge in [-0.3, -0.25) is 14.7 Å². The lowest BCUT2D eigenvalue weighted by molar-refractivity contribution is -0.530. The SMILES string of the molecule is CCOP(=O)(OCC)C(OC)C1CC(OC)CC([N+](=O)[O-])C1. The van der Waals surface area contributed by atoms with E-state index in [0.29, 0.717) is 12.8 Å². The van der Waals surface area contributed by atoms with E-state index in [1.807, 2.05) is 0 Å². The van der Waals surface area contributed by atoms with Crippen molar-refractivity contribution in [3.05, 3.63) is 10.1 Å². The minimum absolute atomic E-state index is 0.218. The molecule has 0 spiro atoms. The molecule has 1 aliphatic rings. The molecule has 0 radical (unpaired) electrons. The Kier molecular flexibility index (Phi) is 7.93. The molecule has 0 aliphatic heterocycles. The average molecular weight is 339 g/mol. The second kappa shape index (κ2) is 8.93. The monoisotopic (exact) mass is 339 g/mol. The normalized spacial score (nSPS) is 27.5. The molecule has 4 unspecified atom stereocenters. The fourth-order valence-corrected chi connectivity index (χ4v) is 5.11. The second-order valence-electron chi connectivity index (χ2n) is 5.27. The van der Waals surface area contributed by atoms with Crippen molar-refractivity contribution in [1.29, 1.82) is 0 Å².